The van der Waals surface area contributed by atoms with Gasteiger partial charge in [-0.25, -0.2) is 0 Å². The molecule has 57 valence electrons. The molecule has 1 unspecified atom stereocenters. The molecule has 0 fully saturated rings. The third-order valence-corrected chi connectivity index (χ3v) is 2.08. The first-order valence-corrected chi connectivity index (χ1v) is 4.04. The first kappa shape index (κ1) is 9.33. The van der Waals surface area contributed by atoms with Crippen molar-refractivity contribution in [2.75, 3.05) is 0 Å². The molecular weight excluding hydrogens is 206 g/mol. The van der Waals surface area contributed by atoms with Crippen LogP contribution in [-0.4, -0.2) is 5.78 Å². The van der Waals surface area contributed by atoms with Gasteiger partial charge in [-0.05, 0) is 0 Å². The fraction of sp³-hybridized carbons (Fsp3) is 0.857. The number of Topliss-reactive ketones (excluding diaryl/α,β-unsaturated/α-hetero) is 1. The molecule has 0 spiro atoms. The average Bonchev–Trinajstić information content (AvgIpc) is 1.63. The number of carbonyl (C=O) groups excluding carboxylic acids is 1. The third kappa shape index (κ3) is 4.81. The molecule has 0 amide bonds. The summed E-state index contributed by atoms with van der Waals surface area (Å²) in [5, 5.41) is 0. The Hall–Kier alpha value is 0.332. The molecule has 1 atom stereocenters. The summed E-state index contributed by atoms with van der Waals surface area (Å²) in [7, 11) is 0. The van der Waals surface area contributed by atoms with Crippen molar-refractivity contribution in [2.24, 2.45) is 5.92 Å². The second-order valence-corrected chi connectivity index (χ2v) is 3.75. The van der Waals surface area contributed by atoms with Gasteiger partial charge in [0.15, 0.2) is 0 Å². The number of carbonyl (C=O) groups is 1. The van der Waals surface area contributed by atoms with E-state index in [2.05, 4.69) is 33.0 Å². The zero-order valence-electron chi connectivity index (χ0n) is 6.09. The number of hydrogen-bond acceptors (Lipinski definition) is 1. The summed E-state index contributed by atoms with van der Waals surface area (Å²) in [6.45, 7) is 5.85. The molecule has 0 bridgehead atoms. The Balaban J connectivity index is 3.50. The van der Waals surface area contributed by atoms with Gasteiger partial charge < -0.3 is 0 Å². The monoisotopic (exact) mass is 219 g/mol. The van der Waals surface area contributed by atoms with E-state index in [0.717, 1.165) is 6.42 Å². The van der Waals surface area contributed by atoms with Gasteiger partial charge in [-0.15, -0.1) is 0 Å². The van der Waals surface area contributed by atoms with Gasteiger partial charge in [-0.3, -0.25) is 0 Å². The van der Waals surface area contributed by atoms with Gasteiger partial charge in [0.2, 0.25) is 0 Å². The Morgan fingerprint density at radius 2 is 2.00 bits per heavy atom. The Bertz CT molecular complexity index is 99.1. The summed E-state index contributed by atoms with van der Waals surface area (Å²) in [4.78, 5) is 10.6. The molecular formula is C7H13OPd. The number of ketones is 1. The maximum atomic E-state index is 10.6. The summed E-state index contributed by atoms with van der Waals surface area (Å²) in [5.74, 6) is 0.847. The van der Waals surface area contributed by atoms with Crippen LogP contribution in [0.3, 0.4) is 0 Å². The molecule has 0 rings (SSSR count). The van der Waals surface area contributed by atoms with Gasteiger partial charge in [0.05, 0.1) is 0 Å². The van der Waals surface area contributed by atoms with Crippen LogP contribution in [0.15, 0.2) is 0 Å². The van der Waals surface area contributed by atoms with Gasteiger partial charge in [0.25, 0.3) is 0 Å². The van der Waals surface area contributed by atoms with Gasteiger partial charge in [-0.2, -0.15) is 0 Å². The summed E-state index contributed by atoms with van der Waals surface area (Å²) in [6, 6.07) is 0. The van der Waals surface area contributed by atoms with E-state index in [1.54, 1.807) is 6.92 Å². The molecule has 0 N–H and O–H groups in total. The van der Waals surface area contributed by atoms with Crippen LogP contribution in [0, 0.1) is 5.92 Å². The topological polar surface area (TPSA) is 17.1 Å². The van der Waals surface area contributed by atoms with E-state index in [1.165, 1.54) is 0 Å². The Morgan fingerprint density at radius 3 is 2.11 bits per heavy atom. The predicted octanol–water partition coefficient (Wildman–Crippen LogP) is 1.96. The Morgan fingerprint density at radius 1 is 1.56 bits per heavy atom. The molecule has 0 heterocycles. The molecule has 0 radical (unpaired) electrons. The van der Waals surface area contributed by atoms with Crippen LogP contribution < -0.4 is 0 Å². The Labute approximate surface area is 67.6 Å². The molecule has 0 aliphatic carbocycles. The maximum absolute atomic E-state index is 10.6. The van der Waals surface area contributed by atoms with Crippen molar-refractivity contribution in [1.82, 2.24) is 0 Å². The molecule has 0 aromatic heterocycles. The van der Waals surface area contributed by atoms with Gasteiger partial charge in [0, 0.05) is 0 Å². The molecule has 0 aliphatic heterocycles. The van der Waals surface area contributed by atoms with Gasteiger partial charge in [0.1, 0.15) is 0 Å². The number of rotatable bonds is 3. The van der Waals surface area contributed by atoms with Gasteiger partial charge >= 0.3 is 67.3 Å². The number of hydrogen-bond donors (Lipinski definition) is 0. The van der Waals surface area contributed by atoms with Crippen molar-refractivity contribution < 1.29 is 24.0 Å². The van der Waals surface area contributed by atoms with Crippen molar-refractivity contribution in [3.05, 3.63) is 0 Å². The summed E-state index contributed by atoms with van der Waals surface area (Å²) >= 11 is 3.03. The SMILES string of the molecule is CC(=O)[CH]([Pd])CC(C)C. The van der Waals surface area contributed by atoms with Crippen LogP contribution in [0.2, 0.25) is 4.39 Å². The van der Waals surface area contributed by atoms with Crippen LogP contribution in [0.4, 0.5) is 0 Å². The van der Waals surface area contributed by atoms with E-state index in [0.29, 0.717) is 5.92 Å². The van der Waals surface area contributed by atoms with Gasteiger partial charge in [-0.1, -0.05) is 0 Å². The second-order valence-electron chi connectivity index (χ2n) is 2.66. The normalized spacial score (nSPS) is 14.0. The van der Waals surface area contributed by atoms with Crippen molar-refractivity contribution in [3.8, 4) is 0 Å². The Kier molecular flexibility index (Phi) is 4.35. The van der Waals surface area contributed by atoms with Crippen LogP contribution in [0.5, 0.6) is 0 Å². The van der Waals surface area contributed by atoms with Crippen LogP contribution in [0.1, 0.15) is 27.2 Å². The van der Waals surface area contributed by atoms with E-state index < -0.39 is 0 Å². The van der Waals surface area contributed by atoms with E-state index in [4.69, 9.17) is 0 Å². The summed E-state index contributed by atoms with van der Waals surface area (Å²) in [5.41, 5.74) is 0. The van der Waals surface area contributed by atoms with Crippen molar-refractivity contribution >= 4 is 5.78 Å². The molecule has 1 nitrogen and oxygen atoms in total. The van der Waals surface area contributed by atoms with E-state index in [1.807, 2.05) is 0 Å². The zero-order valence-corrected chi connectivity index (χ0v) is 7.64. The molecule has 0 saturated carbocycles. The summed E-state index contributed by atoms with van der Waals surface area (Å²) < 4.78 is 0.105. The van der Waals surface area contributed by atoms with E-state index in [9.17, 15) is 4.79 Å². The molecule has 0 aromatic carbocycles. The first-order valence-electron chi connectivity index (χ1n) is 3.15. The predicted molar refractivity (Wildman–Crippen MR) is 33.9 cm³/mol. The quantitative estimate of drug-likeness (QED) is 0.664. The van der Waals surface area contributed by atoms with Crippen molar-refractivity contribution in [3.63, 3.8) is 0 Å². The van der Waals surface area contributed by atoms with E-state index in [-0.39, 0.29) is 10.2 Å². The summed E-state index contributed by atoms with van der Waals surface area (Å²) in [6.07, 6.45) is 0.956. The van der Waals surface area contributed by atoms with Crippen LogP contribution >= 0.6 is 0 Å². The minimum atomic E-state index is 0.105. The average molecular weight is 220 g/mol. The molecule has 0 aromatic rings. The van der Waals surface area contributed by atoms with Crippen LogP contribution in [-0.2, 0) is 24.0 Å². The molecule has 2 heteroatoms. The second kappa shape index (κ2) is 4.20. The van der Waals surface area contributed by atoms with Crippen LogP contribution in [0.25, 0.3) is 0 Å². The first-order chi connectivity index (χ1) is 4.04. The fourth-order valence-electron chi connectivity index (χ4n) is 0.551. The molecule has 9 heavy (non-hydrogen) atoms. The standard InChI is InChI=1S/C7H13O.Pd/c1-6(2)4-5-7(3)8;/h5-6H,4H2,1-3H3;. The molecule has 0 saturated heterocycles. The molecule has 0 aliphatic rings. The fourth-order valence-corrected chi connectivity index (χ4v) is 1.28. The van der Waals surface area contributed by atoms with Crippen molar-refractivity contribution in [2.45, 2.75) is 31.6 Å². The minimum absolute atomic E-state index is 0.105. The van der Waals surface area contributed by atoms with Crippen molar-refractivity contribution in [1.29, 1.82) is 0 Å². The van der Waals surface area contributed by atoms with E-state index >= 15 is 0 Å². The zero-order chi connectivity index (χ0) is 7.44. The third-order valence-electron chi connectivity index (χ3n) is 1.08.